The molecule has 0 spiro atoms. The van der Waals surface area contributed by atoms with E-state index >= 15 is 0 Å². The second kappa shape index (κ2) is 9.07. The highest BCUT2D eigenvalue weighted by Crippen LogP contribution is 2.15. The van der Waals surface area contributed by atoms with Gasteiger partial charge in [0, 0.05) is 13.1 Å². The van der Waals surface area contributed by atoms with Gasteiger partial charge in [-0.2, -0.15) is 5.26 Å². The van der Waals surface area contributed by atoms with Crippen molar-refractivity contribution in [3.05, 3.63) is 29.8 Å². The first-order valence-corrected chi connectivity index (χ1v) is 8.67. The Labute approximate surface area is 148 Å². The number of hydrogen-bond acceptors (Lipinski definition) is 5. The van der Waals surface area contributed by atoms with Crippen molar-refractivity contribution in [3.8, 4) is 11.8 Å². The Kier molecular flexibility index (Phi) is 6.81. The van der Waals surface area contributed by atoms with Crippen molar-refractivity contribution in [2.45, 2.75) is 51.7 Å². The lowest BCUT2D eigenvalue weighted by Gasteiger charge is -2.24. The summed E-state index contributed by atoms with van der Waals surface area (Å²) in [5.41, 5.74) is 0.513. The summed E-state index contributed by atoms with van der Waals surface area (Å²) < 4.78 is 10.8. The van der Waals surface area contributed by atoms with Crippen LogP contribution in [0, 0.1) is 11.3 Å². The molecule has 0 N–H and O–H groups in total. The molecule has 1 heterocycles. The van der Waals surface area contributed by atoms with Crippen molar-refractivity contribution >= 4 is 11.9 Å². The highest BCUT2D eigenvalue weighted by Gasteiger charge is 2.27. The second-order valence-electron chi connectivity index (χ2n) is 6.21. The first kappa shape index (κ1) is 18.8. The van der Waals surface area contributed by atoms with Crippen LogP contribution >= 0.6 is 0 Å². The molecule has 1 aliphatic rings. The van der Waals surface area contributed by atoms with Crippen LogP contribution in [0.3, 0.4) is 0 Å². The third-order valence-electron chi connectivity index (χ3n) is 4.19. The van der Waals surface area contributed by atoms with Crippen LogP contribution in [0.25, 0.3) is 0 Å². The maximum Gasteiger partial charge on any atom is 0.347 e. The molecular weight excluding hydrogens is 320 g/mol. The topological polar surface area (TPSA) is 79.6 Å². The summed E-state index contributed by atoms with van der Waals surface area (Å²) in [6.07, 6.45) is 2.58. The van der Waals surface area contributed by atoms with E-state index in [4.69, 9.17) is 14.7 Å². The molecule has 25 heavy (non-hydrogen) atoms. The molecule has 1 aromatic rings. The average molecular weight is 344 g/mol. The van der Waals surface area contributed by atoms with Gasteiger partial charge in [0.05, 0.1) is 11.6 Å². The molecule has 6 heteroatoms. The molecule has 0 saturated carbocycles. The van der Waals surface area contributed by atoms with Crippen LogP contribution in [0.5, 0.6) is 5.75 Å². The number of nitriles is 1. The SMILES string of the molecule is C[C@H](Oc1ccc(C#N)cc1)C(=O)O[C@@H](C)C(=O)N1CCCCCC1. The molecule has 134 valence electrons. The van der Waals surface area contributed by atoms with Crippen LogP contribution in [0.15, 0.2) is 24.3 Å². The average Bonchev–Trinajstić information content (AvgIpc) is 2.90. The fraction of sp³-hybridized carbons (Fsp3) is 0.526. The predicted molar refractivity (Wildman–Crippen MR) is 91.8 cm³/mol. The first-order valence-electron chi connectivity index (χ1n) is 8.67. The zero-order valence-electron chi connectivity index (χ0n) is 14.7. The first-order chi connectivity index (χ1) is 12.0. The molecule has 6 nitrogen and oxygen atoms in total. The quantitative estimate of drug-likeness (QED) is 0.767. The maximum atomic E-state index is 12.4. The third kappa shape index (κ3) is 5.49. The smallest absolute Gasteiger partial charge is 0.347 e. The van der Waals surface area contributed by atoms with Gasteiger partial charge in [0.2, 0.25) is 0 Å². The molecule has 0 aromatic heterocycles. The van der Waals surface area contributed by atoms with Gasteiger partial charge in [-0.25, -0.2) is 4.79 Å². The summed E-state index contributed by atoms with van der Waals surface area (Å²) in [5, 5.41) is 8.77. The Balaban J connectivity index is 1.86. The van der Waals surface area contributed by atoms with E-state index in [0.29, 0.717) is 11.3 Å². The molecule has 2 atom stereocenters. The van der Waals surface area contributed by atoms with Crippen LogP contribution in [-0.2, 0) is 14.3 Å². The Morgan fingerprint density at radius 2 is 1.64 bits per heavy atom. The summed E-state index contributed by atoms with van der Waals surface area (Å²) in [6.45, 7) is 4.61. The van der Waals surface area contributed by atoms with Gasteiger partial charge in [-0.3, -0.25) is 4.79 Å². The van der Waals surface area contributed by atoms with Crippen molar-refractivity contribution in [1.82, 2.24) is 4.90 Å². The van der Waals surface area contributed by atoms with Crippen molar-refractivity contribution in [2.24, 2.45) is 0 Å². The minimum absolute atomic E-state index is 0.152. The van der Waals surface area contributed by atoms with Gasteiger partial charge in [-0.15, -0.1) is 0 Å². The molecule has 0 aliphatic carbocycles. The van der Waals surface area contributed by atoms with Crippen molar-refractivity contribution in [3.63, 3.8) is 0 Å². The fourth-order valence-corrected chi connectivity index (χ4v) is 2.73. The van der Waals surface area contributed by atoms with E-state index in [1.165, 1.54) is 0 Å². The number of amides is 1. The molecule has 1 fully saturated rings. The lowest BCUT2D eigenvalue weighted by Crippen LogP contribution is -2.42. The van der Waals surface area contributed by atoms with E-state index in [-0.39, 0.29) is 5.91 Å². The van der Waals surface area contributed by atoms with Gasteiger partial charge in [0.1, 0.15) is 5.75 Å². The number of carbonyl (C=O) groups is 2. The fourth-order valence-electron chi connectivity index (χ4n) is 2.73. The molecule has 1 aromatic carbocycles. The summed E-state index contributed by atoms with van der Waals surface area (Å²) >= 11 is 0. The van der Waals surface area contributed by atoms with Gasteiger partial charge in [-0.1, -0.05) is 12.8 Å². The number of nitrogens with zero attached hydrogens (tertiary/aromatic N) is 2. The van der Waals surface area contributed by atoms with Crippen LogP contribution in [0.4, 0.5) is 0 Å². The molecular formula is C19H24N2O4. The molecule has 0 bridgehead atoms. The van der Waals surface area contributed by atoms with E-state index in [2.05, 4.69) is 0 Å². The number of hydrogen-bond donors (Lipinski definition) is 0. The molecule has 1 aliphatic heterocycles. The second-order valence-corrected chi connectivity index (χ2v) is 6.21. The van der Waals surface area contributed by atoms with Gasteiger partial charge in [0.15, 0.2) is 12.2 Å². The largest absolute Gasteiger partial charge is 0.479 e. The van der Waals surface area contributed by atoms with Crippen LogP contribution in [-0.4, -0.2) is 42.1 Å². The zero-order valence-corrected chi connectivity index (χ0v) is 14.7. The minimum Gasteiger partial charge on any atom is -0.479 e. The van der Waals surface area contributed by atoms with Crippen LogP contribution in [0.1, 0.15) is 45.1 Å². The van der Waals surface area contributed by atoms with Crippen LogP contribution in [0.2, 0.25) is 0 Å². The van der Waals surface area contributed by atoms with Crippen molar-refractivity contribution in [1.29, 1.82) is 5.26 Å². The van der Waals surface area contributed by atoms with E-state index in [0.717, 1.165) is 38.8 Å². The summed E-state index contributed by atoms with van der Waals surface area (Å²) in [5.74, 6) is -0.268. The van der Waals surface area contributed by atoms with E-state index < -0.39 is 18.2 Å². The number of likely N-dealkylation sites (tertiary alicyclic amines) is 1. The normalized spacial score (nSPS) is 16.9. The molecule has 2 rings (SSSR count). The Bertz CT molecular complexity index is 628. The molecule has 0 radical (unpaired) electrons. The van der Waals surface area contributed by atoms with Crippen molar-refractivity contribution in [2.75, 3.05) is 13.1 Å². The Morgan fingerprint density at radius 3 is 2.20 bits per heavy atom. The number of benzene rings is 1. The predicted octanol–water partition coefficient (Wildman–Crippen LogP) is 2.66. The van der Waals surface area contributed by atoms with Gasteiger partial charge >= 0.3 is 5.97 Å². The molecule has 1 amide bonds. The molecule has 0 unspecified atom stereocenters. The summed E-state index contributed by atoms with van der Waals surface area (Å²) in [7, 11) is 0. The van der Waals surface area contributed by atoms with E-state index in [1.54, 1.807) is 43.0 Å². The van der Waals surface area contributed by atoms with E-state index in [1.807, 2.05) is 6.07 Å². The maximum absolute atomic E-state index is 12.4. The monoisotopic (exact) mass is 344 g/mol. The van der Waals surface area contributed by atoms with Crippen LogP contribution < -0.4 is 4.74 Å². The van der Waals surface area contributed by atoms with E-state index in [9.17, 15) is 9.59 Å². The summed E-state index contributed by atoms with van der Waals surface area (Å²) in [4.78, 5) is 26.4. The third-order valence-corrected chi connectivity index (χ3v) is 4.19. The van der Waals surface area contributed by atoms with Gasteiger partial charge in [0.25, 0.3) is 5.91 Å². The Hall–Kier alpha value is -2.55. The lowest BCUT2D eigenvalue weighted by atomic mass is 10.2. The minimum atomic E-state index is -0.840. The van der Waals surface area contributed by atoms with Gasteiger partial charge in [-0.05, 0) is 51.0 Å². The van der Waals surface area contributed by atoms with Gasteiger partial charge < -0.3 is 14.4 Å². The summed E-state index contributed by atoms with van der Waals surface area (Å²) in [6, 6.07) is 8.47. The highest BCUT2D eigenvalue weighted by molar-refractivity contribution is 5.84. The highest BCUT2D eigenvalue weighted by atomic mass is 16.6. The number of rotatable bonds is 5. The standard InChI is InChI=1S/C19H24N2O4/c1-14(18(22)21-11-5-3-4-6-12-21)25-19(23)15(2)24-17-9-7-16(13-20)8-10-17/h7-10,14-15H,3-6,11-12H2,1-2H3/t14-,15-/m0/s1. The Morgan fingerprint density at radius 1 is 1.04 bits per heavy atom. The number of carbonyl (C=O) groups excluding carboxylic acids is 2. The number of ether oxygens (including phenoxy) is 2. The number of esters is 1. The lowest BCUT2D eigenvalue weighted by molar-refractivity contribution is -0.164. The zero-order chi connectivity index (χ0) is 18.2. The molecule has 1 saturated heterocycles. The van der Waals surface area contributed by atoms with Crippen molar-refractivity contribution < 1.29 is 19.1 Å².